The van der Waals surface area contributed by atoms with Crippen molar-refractivity contribution in [2.24, 2.45) is 5.73 Å². The Morgan fingerprint density at radius 1 is 0.974 bits per heavy atom. The van der Waals surface area contributed by atoms with Crippen molar-refractivity contribution in [3.63, 3.8) is 0 Å². The molecule has 15 heteroatoms. The third kappa shape index (κ3) is 9.96. The minimum absolute atomic E-state index is 0.164. The molecule has 0 aliphatic rings. The number of alkyl halides is 3. The van der Waals surface area contributed by atoms with Gasteiger partial charge < -0.3 is 31.5 Å². The zero-order valence-corrected chi connectivity index (χ0v) is 20.0. The Bertz CT molecular complexity index is 1210. The van der Waals surface area contributed by atoms with E-state index in [9.17, 15) is 32.3 Å². The Kier molecular flexibility index (Phi) is 10.9. The van der Waals surface area contributed by atoms with E-state index in [1.807, 2.05) is 0 Å². The third-order valence-corrected chi connectivity index (χ3v) is 4.48. The topological polar surface area (TPSA) is 203 Å². The second-order valence-corrected chi connectivity index (χ2v) is 7.69. The molecule has 204 valence electrons. The lowest BCUT2D eigenvalue weighted by atomic mass is 10.1. The standard InChI is InChI=1S/C21H23N5O5.C2HF3O2/c1-26(2)21(31)13-8-6-12(7-9-13)19(29)25-16(11-17(27)28)20(30)24-15-5-3-4-14(10-15)18(22)23;3-2(4,5)1(6)7/h3-10,16H,11H2,1-2H3,(H3,22,23)(H,24,30)(H,25,29)(H,27,28);(H,6,7)/t16-;/m1./s1. The summed E-state index contributed by atoms with van der Waals surface area (Å²) in [6.45, 7) is 0. The number of anilines is 1. The van der Waals surface area contributed by atoms with Crippen molar-refractivity contribution in [1.82, 2.24) is 10.2 Å². The molecule has 3 amide bonds. The zero-order chi connectivity index (χ0) is 29.2. The molecule has 0 saturated carbocycles. The van der Waals surface area contributed by atoms with E-state index in [2.05, 4.69) is 10.6 Å². The van der Waals surface area contributed by atoms with Crippen LogP contribution in [-0.4, -0.2) is 76.9 Å². The Labute approximate surface area is 213 Å². The van der Waals surface area contributed by atoms with Crippen molar-refractivity contribution in [3.05, 3.63) is 65.2 Å². The Balaban J connectivity index is 0.000000905. The Hall–Kier alpha value is -4.95. The smallest absolute Gasteiger partial charge is 0.481 e. The summed E-state index contributed by atoms with van der Waals surface area (Å²) in [5.74, 6) is -5.86. The predicted molar refractivity (Wildman–Crippen MR) is 128 cm³/mol. The lowest BCUT2D eigenvalue weighted by Crippen LogP contribution is -2.45. The van der Waals surface area contributed by atoms with Crippen LogP contribution in [0.5, 0.6) is 0 Å². The van der Waals surface area contributed by atoms with Gasteiger partial charge in [0.2, 0.25) is 5.91 Å². The van der Waals surface area contributed by atoms with Gasteiger partial charge in [-0.1, -0.05) is 12.1 Å². The number of halogens is 3. The van der Waals surface area contributed by atoms with Crippen LogP contribution in [0.3, 0.4) is 0 Å². The predicted octanol–water partition coefficient (Wildman–Crippen LogP) is 1.52. The lowest BCUT2D eigenvalue weighted by Gasteiger charge is -2.17. The quantitative estimate of drug-likeness (QED) is 0.214. The lowest BCUT2D eigenvalue weighted by molar-refractivity contribution is -0.192. The highest BCUT2D eigenvalue weighted by atomic mass is 19.4. The molecule has 0 aliphatic heterocycles. The van der Waals surface area contributed by atoms with Gasteiger partial charge in [-0.15, -0.1) is 0 Å². The van der Waals surface area contributed by atoms with E-state index < -0.39 is 42.4 Å². The number of rotatable bonds is 8. The fraction of sp³-hybridized carbons (Fsp3) is 0.217. The van der Waals surface area contributed by atoms with Crippen LogP contribution in [0.1, 0.15) is 32.7 Å². The van der Waals surface area contributed by atoms with Crippen LogP contribution in [-0.2, 0) is 14.4 Å². The minimum atomic E-state index is -5.08. The zero-order valence-electron chi connectivity index (χ0n) is 20.0. The number of carbonyl (C=O) groups excluding carboxylic acids is 3. The van der Waals surface area contributed by atoms with Gasteiger partial charge in [-0.25, -0.2) is 4.79 Å². The number of hydrogen-bond acceptors (Lipinski definition) is 6. The van der Waals surface area contributed by atoms with Crippen LogP contribution in [0.15, 0.2) is 48.5 Å². The number of carbonyl (C=O) groups is 5. The molecule has 38 heavy (non-hydrogen) atoms. The third-order valence-electron chi connectivity index (χ3n) is 4.48. The van der Waals surface area contributed by atoms with Gasteiger partial charge in [-0.2, -0.15) is 13.2 Å². The molecule has 0 radical (unpaired) electrons. The first-order chi connectivity index (χ1) is 17.5. The molecular formula is C23H24F3N5O7. The normalized spacial score (nSPS) is 11.2. The van der Waals surface area contributed by atoms with E-state index in [0.29, 0.717) is 16.8 Å². The average Bonchev–Trinajstić information content (AvgIpc) is 2.82. The number of carboxylic acid groups (broad SMARTS) is 2. The Morgan fingerprint density at radius 2 is 1.50 bits per heavy atom. The highest BCUT2D eigenvalue weighted by molar-refractivity contribution is 6.04. The number of carboxylic acids is 2. The molecule has 0 spiro atoms. The molecule has 0 bridgehead atoms. The SMILES string of the molecule is CN(C)C(=O)c1ccc(C(=O)N[C@H](CC(=O)O)C(=O)Nc2cccc(C(=N)N)c2)cc1.O=C(O)C(F)(F)F. The molecule has 0 aliphatic carbocycles. The first-order valence-corrected chi connectivity index (χ1v) is 10.4. The van der Waals surface area contributed by atoms with Crippen LogP contribution in [0, 0.1) is 5.41 Å². The molecule has 12 nitrogen and oxygen atoms in total. The van der Waals surface area contributed by atoms with Crippen molar-refractivity contribution >= 4 is 41.2 Å². The van der Waals surface area contributed by atoms with Crippen molar-refractivity contribution in [2.75, 3.05) is 19.4 Å². The molecule has 0 saturated heterocycles. The van der Waals surface area contributed by atoms with Crippen molar-refractivity contribution in [2.45, 2.75) is 18.6 Å². The van der Waals surface area contributed by atoms with E-state index in [0.717, 1.165) is 0 Å². The molecule has 0 aromatic heterocycles. The maximum absolute atomic E-state index is 12.6. The molecule has 0 fully saturated rings. The number of nitrogens with one attached hydrogen (secondary N) is 3. The molecular weight excluding hydrogens is 515 g/mol. The number of aliphatic carboxylic acids is 2. The van der Waals surface area contributed by atoms with E-state index >= 15 is 0 Å². The van der Waals surface area contributed by atoms with Gasteiger partial charge in [0, 0.05) is 36.5 Å². The molecule has 1 atom stereocenters. The van der Waals surface area contributed by atoms with E-state index in [-0.39, 0.29) is 17.3 Å². The molecule has 2 aromatic rings. The summed E-state index contributed by atoms with van der Waals surface area (Å²) in [5.41, 5.74) is 6.65. The van der Waals surface area contributed by atoms with Crippen LogP contribution in [0.4, 0.5) is 18.9 Å². The van der Waals surface area contributed by atoms with Crippen molar-refractivity contribution in [3.8, 4) is 0 Å². The molecule has 7 N–H and O–H groups in total. The summed E-state index contributed by atoms with van der Waals surface area (Å²) in [7, 11) is 3.20. The highest BCUT2D eigenvalue weighted by Crippen LogP contribution is 2.13. The maximum Gasteiger partial charge on any atom is 0.490 e. The number of nitrogens with two attached hydrogens (primary N) is 1. The van der Waals surface area contributed by atoms with Gasteiger partial charge in [0.1, 0.15) is 11.9 Å². The van der Waals surface area contributed by atoms with Crippen LogP contribution in [0.25, 0.3) is 0 Å². The van der Waals surface area contributed by atoms with Gasteiger partial charge in [-0.05, 0) is 36.4 Å². The highest BCUT2D eigenvalue weighted by Gasteiger charge is 2.38. The first-order valence-electron chi connectivity index (χ1n) is 10.4. The molecule has 2 rings (SSSR count). The first kappa shape index (κ1) is 31.1. The number of nitrogen functional groups attached to an aromatic ring is 1. The number of hydrogen-bond donors (Lipinski definition) is 6. The summed E-state index contributed by atoms with van der Waals surface area (Å²) >= 11 is 0. The monoisotopic (exact) mass is 539 g/mol. The number of amides is 3. The van der Waals surface area contributed by atoms with E-state index in [1.165, 1.54) is 35.2 Å². The number of amidine groups is 1. The van der Waals surface area contributed by atoms with Gasteiger partial charge in [-0.3, -0.25) is 24.6 Å². The number of benzene rings is 2. The average molecular weight is 539 g/mol. The number of nitrogens with zero attached hydrogens (tertiary/aromatic N) is 1. The summed E-state index contributed by atoms with van der Waals surface area (Å²) < 4.78 is 31.7. The van der Waals surface area contributed by atoms with Crippen molar-refractivity contribution in [1.29, 1.82) is 5.41 Å². The Morgan fingerprint density at radius 3 is 1.95 bits per heavy atom. The summed E-state index contributed by atoms with van der Waals surface area (Å²) in [6, 6.07) is 10.6. The fourth-order valence-corrected chi connectivity index (χ4v) is 2.64. The second kappa shape index (κ2) is 13.4. The van der Waals surface area contributed by atoms with Crippen LogP contribution < -0.4 is 16.4 Å². The molecule has 0 unspecified atom stereocenters. The van der Waals surface area contributed by atoms with E-state index in [1.54, 1.807) is 32.3 Å². The van der Waals surface area contributed by atoms with Gasteiger partial charge in [0.05, 0.1) is 6.42 Å². The summed E-state index contributed by atoms with van der Waals surface area (Å²) in [4.78, 5) is 58.5. The molecule has 2 aromatic carbocycles. The summed E-state index contributed by atoms with van der Waals surface area (Å²) in [6.07, 6.45) is -5.72. The summed E-state index contributed by atoms with van der Waals surface area (Å²) in [5, 5.41) is 28.6. The fourth-order valence-electron chi connectivity index (χ4n) is 2.64. The van der Waals surface area contributed by atoms with E-state index in [4.69, 9.17) is 26.2 Å². The minimum Gasteiger partial charge on any atom is -0.481 e. The second-order valence-electron chi connectivity index (χ2n) is 7.69. The van der Waals surface area contributed by atoms with Gasteiger partial charge in [0.25, 0.3) is 11.8 Å². The largest absolute Gasteiger partial charge is 0.490 e. The maximum atomic E-state index is 12.6. The van der Waals surface area contributed by atoms with Crippen molar-refractivity contribution < 1.29 is 47.4 Å². The van der Waals surface area contributed by atoms with Crippen LogP contribution in [0.2, 0.25) is 0 Å². The van der Waals surface area contributed by atoms with Gasteiger partial charge >= 0.3 is 18.1 Å². The molecule has 0 heterocycles. The van der Waals surface area contributed by atoms with Crippen LogP contribution >= 0.6 is 0 Å². The van der Waals surface area contributed by atoms with Gasteiger partial charge in [0.15, 0.2) is 0 Å².